The third-order valence-corrected chi connectivity index (χ3v) is 2.23. The Bertz CT molecular complexity index is 246. The van der Waals surface area contributed by atoms with Crippen molar-refractivity contribution in [2.45, 2.75) is 32.1 Å². The maximum atomic E-state index is 3.83. The monoisotopic (exact) mass is 187 g/mol. The molecule has 1 aromatic carbocycles. The van der Waals surface area contributed by atoms with Crippen LogP contribution in [0.25, 0.3) is 6.08 Å². The Labute approximate surface area is 87.7 Å². The molecule has 0 aliphatic rings. The molecule has 0 heterocycles. The van der Waals surface area contributed by atoms with Gasteiger partial charge in [0.1, 0.15) is 0 Å². The van der Waals surface area contributed by atoms with Crippen LogP contribution in [-0.4, -0.2) is 0 Å². The molecule has 1 rings (SSSR count). The van der Waals surface area contributed by atoms with E-state index in [2.05, 4.69) is 43.3 Å². The summed E-state index contributed by atoms with van der Waals surface area (Å²) >= 11 is 0. The van der Waals surface area contributed by atoms with E-state index >= 15 is 0 Å². The Kier molecular flexibility index (Phi) is 5.81. The van der Waals surface area contributed by atoms with E-state index in [1.54, 1.807) is 0 Å². The average Bonchev–Trinajstić information content (AvgIpc) is 2.25. The molecule has 0 spiro atoms. The van der Waals surface area contributed by atoms with Crippen molar-refractivity contribution in [3.63, 3.8) is 0 Å². The molecule has 0 fully saturated rings. The highest BCUT2D eigenvalue weighted by molar-refractivity contribution is 5.48. The predicted octanol–water partition coefficient (Wildman–Crippen LogP) is 4.48. The average molecular weight is 187 g/mol. The van der Waals surface area contributed by atoms with Gasteiger partial charge in [0, 0.05) is 0 Å². The Morgan fingerprint density at radius 3 is 2.50 bits per heavy atom. The van der Waals surface area contributed by atoms with Gasteiger partial charge in [-0.05, 0) is 18.4 Å². The largest absolute Gasteiger partial charge is 0.0839 e. The molecule has 0 atom stereocenters. The van der Waals surface area contributed by atoms with Crippen LogP contribution in [0.2, 0.25) is 0 Å². The second-order valence-corrected chi connectivity index (χ2v) is 3.52. The molecule has 14 heavy (non-hydrogen) atoms. The van der Waals surface area contributed by atoms with Crippen molar-refractivity contribution in [3.05, 3.63) is 48.9 Å². The maximum Gasteiger partial charge on any atom is -0.0260 e. The molecule has 0 saturated heterocycles. The smallest absolute Gasteiger partial charge is 0.0260 e. The zero-order valence-electron chi connectivity index (χ0n) is 8.78. The Hall–Kier alpha value is -1.04. The minimum Gasteiger partial charge on any atom is -0.0839 e. The molecule has 0 amide bonds. The van der Waals surface area contributed by atoms with E-state index in [1.807, 2.05) is 6.07 Å². The summed E-state index contributed by atoms with van der Waals surface area (Å²) in [4.78, 5) is 0. The molecule has 1 radical (unpaired) electrons. The van der Waals surface area contributed by atoms with Gasteiger partial charge in [0.05, 0.1) is 0 Å². The lowest BCUT2D eigenvalue weighted by Gasteiger charge is -1.94. The number of hydrogen-bond donors (Lipinski definition) is 0. The Balaban J connectivity index is 2.15. The molecule has 0 aromatic heterocycles. The minimum atomic E-state index is 1.07. The summed E-state index contributed by atoms with van der Waals surface area (Å²) in [6, 6.07) is 10.5. The summed E-state index contributed by atoms with van der Waals surface area (Å²) in [5, 5.41) is 0. The van der Waals surface area contributed by atoms with E-state index in [0.29, 0.717) is 0 Å². The Morgan fingerprint density at radius 2 is 1.79 bits per heavy atom. The molecule has 0 aliphatic heterocycles. The third kappa shape index (κ3) is 4.86. The molecule has 0 saturated carbocycles. The van der Waals surface area contributed by atoms with Gasteiger partial charge >= 0.3 is 0 Å². The zero-order valence-corrected chi connectivity index (χ0v) is 8.78. The summed E-state index contributed by atoms with van der Waals surface area (Å²) in [5.74, 6) is 0. The van der Waals surface area contributed by atoms with E-state index < -0.39 is 0 Å². The molecule has 1 aromatic rings. The van der Waals surface area contributed by atoms with Gasteiger partial charge in [-0.25, -0.2) is 0 Å². The fraction of sp³-hybridized carbons (Fsp3) is 0.357. The first-order chi connectivity index (χ1) is 6.93. The van der Waals surface area contributed by atoms with Crippen LogP contribution >= 0.6 is 0 Å². The van der Waals surface area contributed by atoms with Gasteiger partial charge in [0.2, 0.25) is 0 Å². The predicted molar refractivity (Wildman–Crippen MR) is 63.9 cm³/mol. The van der Waals surface area contributed by atoms with Crippen molar-refractivity contribution in [1.82, 2.24) is 0 Å². The lowest BCUT2D eigenvalue weighted by Crippen LogP contribution is -1.74. The fourth-order valence-corrected chi connectivity index (χ4v) is 1.40. The number of allylic oxidation sites excluding steroid dienone is 1. The topological polar surface area (TPSA) is 0 Å². The number of unbranched alkanes of at least 4 members (excludes halogenated alkanes) is 4. The summed E-state index contributed by atoms with van der Waals surface area (Å²) < 4.78 is 0. The molecular weight excluding hydrogens is 168 g/mol. The van der Waals surface area contributed by atoms with Crippen LogP contribution < -0.4 is 0 Å². The SMILES string of the molecule is [CH2]CCCCC/C=C/c1ccccc1. The van der Waals surface area contributed by atoms with Crippen molar-refractivity contribution in [2.24, 2.45) is 0 Å². The van der Waals surface area contributed by atoms with Crippen LogP contribution in [0, 0.1) is 6.92 Å². The minimum absolute atomic E-state index is 1.07. The summed E-state index contributed by atoms with van der Waals surface area (Å²) in [5.41, 5.74) is 1.30. The Morgan fingerprint density at radius 1 is 1.00 bits per heavy atom. The van der Waals surface area contributed by atoms with Gasteiger partial charge in [-0.15, -0.1) is 0 Å². The summed E-state index contributed by atoms with van der Waals surface area (Å²) in [7, 11) is 0. The fourth-order valence-electron chi connectivity index (χ4n) is 1.40. The van der Waals surface area contributed by atoms with Gasteiger partial charge in [-0.3, -0.25) is 0 Å². The first kappa shape index (κ1) is 11.0. The van der Waals surface area contributed by atoms with Crippen molar-refractivity contribution in [2.75, 3.05) is 0 Å². The molecule has 0 aliphatic carbocycles. The second kappa shape index (κ2) is 7.37. The van der Waals surface area contributed by atoms with Crippen LogP contribution in [-0.2, 0) is 0 Å². The molecule has 0 unspecified atom stereocenters. The van der Waals surface area contributed by atoms with E-state index in [1.165, 1.54) is 31.2 Å². The number of rotatable bonds is 6. The van der Waals surface area contributed by atoms with Crippen LogP contribution in [0.3, 0.4) is 0 Å². The first-order valence-electron chi connectivity index (χ1n) is 5.44. The molecule has 0 nitrogen and oxygen atoms in total. The van der Waals surface area contributed by atoms with Crippen LogP contribution in [0.5, 0.6) is 0 Å². The first-order valence-corrected chi connectivity index (χ1v) is 5.44. The van der Waals surface area contributed by atoms with Gasteiger partial charge in [0.25, 0.3) is 0 Å². The van der Waals surface area contributed by atoms with Gasteiger partial charge in [0.15, 0.2) is 0 Å². The molecule has 0 N–H and O–H groups in total. The van der Waals surface area contributed by atoms with Crippen LogP contribution in [0.1, 0.15) is 37.7 Å². The molecular formula is C14H19. The molecule has 75 valence electrons. The van der Waals surface area contributed by atoms with E-state index in [9.17, 15) is 0 Å². The van der Waals surface area contributed by atoms with Crippen LogP contribution in [0.15, 0.2) is 36.4 Å². The number of benzene rings is 1. The van der Waals surface area contributed by atoms with E-state index in [-0.39, 0.29) is 0 Å². The van der Waals surface area contributed by atoms with Crippen molar-refractivity contribution in [1.29, 1.82) is 0 Å². The zero-order chi connectivity index (χ0) is 10.1. The third-order valence-electron chi connectivity index (χ3n) is 2.23. The van der Waals surface area contributed by atoms with Crippen molar-refractivity contribution >= 4 is 6.08 Å². The van der Waals surface area contributed by atoms with Gasteiger partial charge in [-0.1, -0.05) is 68.7 Å². The van der Waals surface area contributed by atoms with E-state index in [4.69, 9.17) is 0 Å². The van der Waals surface area contributed by atoms with Crippen molar-refractivity contribution in [3.8, 4) is 0 Å². The normalized spacial score (nSPS) is 10.9. The highest BCUT2D eigenvalue weighted by Gasteiger charge is 1.85. The highest BCUT2D eigenvalue weighted by Crippen LogP contribution is 2.06. The van der Waals surface area contributed by atoms with E-state index in [0.717, 1.165) is 6.42 Å². The summed E-state index contributed by atoms with van der Waals surface area (Å²) in [6.45, 7) is 3.83. The molecule has 0 heteroatoms. The summed E-state index contributed by atoms with van der Waals surface area (Å²) in [6.07, 6.45) is 10.6. The van der Waals surface area contributed by atoms with Crippen molar-refractivity contribution < 1.29 is 0 Å². The van der Waals surface area contributed by atoms with Crippen LogP contribution in [0.4, 0.5) is 0 Å². The quantitative estimate of drug-likeness (QED) is 0.576. The lowest BCUT2D eigenvalue weighted by atomic mass is 10.1. The van der Waals surface area contributed by atoms with Gasteiger partial charge in [-0.2, -0.15) is 0 Å². The lowest BCUT2D eigenvalue weighted by molar-refractivity contribution is 0.696. The molecule has 0 bridgehead atoms. The second-order valence-electron chi connectivity index (χ2n) is 3.52. The standard InChI is InChI=1S/C14H19/c1-2-3-4-5-6-8-11-14-12-9-7-10-13-14/h7-13H,1-6H2/b11-8+. The highest BCUT2D eigenvalue weighted by atomic mass is 13.9. The van der Waals surface area contributed by atoms with Gasteiger partial charge < -0.3 is 0 Å². The number of hydrogen-bond acceptors (Lipinski definition) is 0. The maximum absolute atomic E-state index is 3.83.